The summed E-state index contributed by atoms with van der Waals surface area (Å²) in [4.78, 5) is 21.1. The van der Waals surface area contributed by atoms with Crippen molar-refractivity contribution < 1.29 is 17.6 Å². The molecule has 0 aliphatic carbocycles. The third kappa shape index (κ3) is 5.31. The van der Waals surface area contributed by atoms with Gasteiger partial charge in [-0.3, -0.25) is 9.69 Å². The Bertz CT molecular complexity index is 1250. The van der Waals surface area contributed by atoms with Crippen molar-refractivity contribution >= 4 is 27.1 Å². The van der Waals surface area contributed by atoms with Gasteiger partial charge in [0.1, 0.15) is 5.82 Å². The summed E-state index contributed by atoms with van der Waals surface area (Å²) >= 11 is 1.40. The fourth-order valence-electron chi connectivity index (χ4n) is 4.09. The van der Waals surface area contributed by atoms with E-state index in [9.17, 15) is 17.6 Å². The van der Waals surface area contributed by atoms with Gasteiger partial charge in [0.25, 0.3) is 5.91 Å². The van der Waals surface area contributed by atoms with Crippen molar-refractivity contribution in [1.82, 2.24) is 15.2 Å². The average Bonchev–Trinajstić information content (AvgIpc) is 3.30. The van der Waals surface area contributed by atoms with E-state index in [-0.39, 0.29) is 29.2 Å². The van der Waals surface area contributed by atoms with Gasteiger partial charge >= 0.3 is 0 Å². The van der Waals surface area contributed by atoms with Crippen LogP contribution < -0.4 is 5.32 Å². The van der Waals surface area contributed by atoms with Crippen LogP contribution in [0.3, 0.4) is 0 Å². The first-order chi connectivity index (χ1) is 15.6. The molecule has 1 aliphatic heterocycles. The summed E-state index contributed by atoms with van der Waals surface area (Å²) in [6, 6.07) is 13.1. The number of carbonyl (C=O) groups is 1. The maximum Gasteiger partial charge on any atom is 0.280 e. The molecule has 3 aromatic rings. The van der Waals surface area contributed by atoms with Crippen molar-refractivity contribution in [1.29, 1.82) is 0 Å². The predicted molar refractivity (Wildman–Crippen MR) is 126 cm³/mol. The molecule has 0 spiro atoms. The van der Waals surface area contributed by atoms with Gasteiger partial charge in [0.2, 0.25) is 0 Å². The lowest BCUT2D eigenvalue weighted by Crippen LogP contribution is -2.27. The number of nitrogens with one attached hydrogen (secondary N) is 1. The van der Waals surface area contributed by atoms with Crippen LogP contribution in [0.4, 0.5) is 4.39 Å². The van der Waals surface area contributed by atoms with Crippen molar-refractivity contribution in [3.05, 3.63) is 81.1 Å². The van der Waals surface area contributed by atoms with Crippen molar-refractivity contribution in [2.75, 3.05) is 6.26 Å². The van der Waals surface area contributed by atoms with Crippen LogP contribution in [0.1, 0.15) is 51.4 Å². The minimum atomic E-state index is -3.25. The number of fused-ring (bicyclic) bond motifs is 1. The van der Waals surface area contributed by atoms with Crippen LogP contribution in [0.25, 0.3) is 0 Å². The van der Waals surface area contributed by atoms with Crippen LogP contribution >= 0.6 is 11.3 Å². The second kappa shape index (κ2) is 9.32. The molecule has 2 heterocycles. The van der Waals surface area contributed by atoms with E-state index in [1.807, 2.05) is 0 Å². The van der Waals surface area contributed by atoms with Crippen LogP contribution in [-0.4, -0.2) is 30.5 Å². The molecule has 1 atom stereocenters. The minimum absolute atomic E-state index is 0.0893. The zero-order valence-electron chi connectivity index (χ0n) is 18.7. The number of thiazole rings is 1. The number of benzene rings is 2. The molecule has 174 valence electrons. The van der Waals surface area contributed by atoms with Crippen LogP contribution in [0.5, 0.6) is 0 Å². The molecule has 0 saturated heterocycles. The lowest BCUT2D eigenvalue weighted by Gasteiger charge is -2.27. The molecular weight excluding hydrogens is 461 g/mol. The third-order valence-electron chi connectivity index (χ3n) is 5.68. The number of hydrogen-bond donors (Lipinski definition) is 1. The van der Waals surface area contributed by atoms with E-state index in [1.165, 1.54) is 35.6 Å². The number of hydrogen-bond acceptors (Lipinski definition) is 6. The molecule has 6 nitrogen and oxygen atoms in total. The second-order valence-electron chi connectivity index (χ2n) is 8.65. The largest absolute Gasteiger partial charge is 0.346 e. The summed E-state index contributed by atoms with van der Waals surface area (Å²) in [5.41, 5.74) is 2.79. The first-order valence-corrected chi connectivity index (χ1v) is 13.4. The van der Waals surface area contributed by atoms with Crippen LogP contribution in [0, 0.1) is 11.7 Å². The highest BCUT2D eigenvalue weighted by Gasteiger charge is 2.36. The lowest BCUT2D eigenvalue weighted by atomic mass is 10.0. The zero-order chi connectivity index (χ0) is 23.8. The Morgan fingerprint density at radius 1 is 1.15 bits per heavy atom. The van der Waals surface area contributed by atoms with Crippen molar-refractivity contribution in [2.45, 2.75) is 44.4 Å². The molecule has 4 rings (SSSR count). The Balaban J connectivity index is 1.43. The highest BCUT2D eigenvalue weighted by atomic mass is 32.2. The van der Waals surface area contributed by atoms with Gasteiger partial charge in [-0.2, -0.15) is 0 Å². The molecule has 1 aliphatic rings. The van der Waals surface area contributed by atoms with Gasteiger partial charge in [-0.05, 0) is 41.3 Å². The van der Waals surface area contributed by atoms with Gasteiger partial charge in [-0.1, -0.05) is 38.1 Å². The van der Waals surface area contributed by atoms with Crippen LogP contribution in [0.2, 0.25) is 0 Å². The molecular formula is C24H26FN3O3S2. The number of amides is 1. The Morgan fingerprint density at radius 3 is 2.39 bits per heavy atom. The van der Waals surface area contributed by atoms with E-state index in [1.54, 1.807) is 24.3 Å². The highest BCUT2D eigenvalue weighted by molar-refractivity contribution is 7.90. The van der Waals surface area contributed by atoms with E-state index in [0.717, 1.165) is 28.0 Å². The van der Waals surface area contributed by atoms with Gasteiger partial charge < -0.3 is 5.32 Å². The van der Waals surface area contributed by atoms with Crippen molar-refractivity contribution in [2.24, 2.45) is 5.92 Å². The zero-order valence-corrected chi connectivity index (χ0v) is 20.3. The highest BCUT2D eigenvalue weighted by Crippen LogP contribution is 2.41. The van der Waals surface area contributed by atoms with E-state index < -0.39 is 9.84 Å². The average molecular weight is 488 g/mol. The fourth-order valence-corrected chi connectivity index (χ4v) is 5.76. The number of nitrogens with zero attached hydrogens (tertiary/aromatic N) is 2. The van der Waals surface area contributed by atoms with Gasteiger partial charge in [-0.25, -0.2) is 17.8 Å². The summed E-state index contributed by atoms with van der Waals surface area (Å²) in [7, 11) is -3.25. The number of rotatable bonds is 7. The first-order valence-electron chi connectivity index (χ1n) is 10.7. The van der Waals surface area contributed by atoms with Crippen molar-refractivity contribution in [3.63, 3.8) is 0 Å². The molecule has 1 aromatic heterocycles. The van der Waals surface area contributed by atoms with Gasteiger partial charge in [0.15, 0.2) is 14.8 Å². The van der Waals surface area contributed by atoms with Gasteiger partial charge in [-0.15, -0.1) is 11.3 Å². The summed E-state index contributed by atoms with van der Waals surface area (Å²) in [5, 5.41) is 3.30. The van der Waals surface area contributed by atoms with E-state index in [2.05, 4.69) is 29.0 Å². The van der Waals surface area contributed by atoms with Gasteiger partial charge in [0, 0.05) is 30.8 Å². The molecule has 0 saturated carbocycles. The molecule has 33 heavy (non-hydrogen) atoms. The summed E-state index contributed by atoms with van der Waals surface area (Å²) < 4.78 is 36.4. The molecule has 0 fully saturated rings. The summed E-state index contributed by atoms with van der Waals surface area (Å²) in [6.45, 7) is 5.95. The van der Waals surface area contributed by atoms with Crippen LogP contribution in [-0.2, 0) is 29.5 Å². The Morgan fingerprint density at radius 2 is 1.79 bits per heavy atom. The van der Waals surface area contributed by atoms with Gasteiger partial charge in [0.05, 0.1) is 16.6 Å². The second-order valence-corrected chi connectivity index (χ2v) is 11.7. The molecule has 0 bridgehead atoms. The van der Waals surface area contributed by atoms with E-state index in [0.29, 0.717) is 24.0 Å². The first kappa shape index (κ1) is 23.5. The van der Waals surface area contributed by atoms with E-state index in [4.69, 9.17) is 0 Å². The molecule has 2 aromatic carbocycles. The standard InChI is InChI=1S/C24H26FN3O3S2/c1-15(2)22-21-20(14-28(22)13-17-4-8-18(25)9-5-17)32-24(27-21)23(29)26-12-16-6-10-19(11-7-16)33(3,30)31/h4-11,15,22H,12-14H2,1-3H3,(H,26,29)/t22-/m0/s1. The lowest BCUT2D eigenvalue weighted by molar-refractivity contribution is 0.0949. The molecule has 0 radical (unpaired) electrons. The molecule has 1 amide bonds. The maximum absolute atomic E-state index is 13.2. The Hall–Kier alpha value is -2.62. The number of carbonyl (C=O) groups excluding carboxylic acids is 1. The minimum Gasteiger partial charge on any atom is -0.346 e. The smallest absolute Gasteiger partial charge is 0.280 e. The number of halogens is 1. The SMILES string of the molecule is CC(C)[C@H]1c2nc(C(=O)NCc3ccc(S(C)(=O)=O)cc3)sc2CN1Cc1ccc(F)cc1. The predicted octanol–water partition coefficient (Wildman–Crippen LogP) is 4.33. The van der Waals surface area contributed by atoms with Crippen LogP contribution in [0.15, 0.2) is 53.4 Å². The van der Waals surface area contributed by atoms with Crippen molar-refractivity contribution in [3.8, 4) is 0 Å². The fraction of sp³-hybridized carbons (Fsp3) is 0.333. The number of sulfone groups is 1. The molecule has 9 heteroatoms. The number of aromatic nitrogens is 1. The third-order valence-corrected chi connectivity index (χ3v) is 7.86. The normalized spacial score (nSPS) is 16.2. The topological polar surface area (TPSA) is 79.4 Å². The maximum atomic E-state index is 13.2. The van der Waals surface area contributed by atoms with E-state index >= 15 is 0 Å². The molecule has 0 unspecified atom stereocenters. The Kier molecular flexibility index (Phi) is 6.65. The summed E-state index contributed by atoms with van der Waals surface area (Å²) in [6.07, 6.45) is 1.16. The quantitative estimate of drug-likeness (QED) is 0.537. The monoisotopic (exact) mass is 487 g/mol. The Labute approximate surface area is 197 Å². The summed E-state index contributed by atoms with van der Waals surface area (Å²) in [5.74, 6) is -0.185. The molecule has 1 N–H and O–H groups in total.